The summed E-state index contributed by atoms with van der Waals surface area (Å²) < 4.78 is 0. The van der Waals surface area contributed by atoms with E-state index in [9.17, 15) is 19.7 Å². The first-order chi connectivity index (χ1) is 7.49. The lowest BCUT2D eigenvalue weighted by molar-refractivity contribution is -0.384. The summed E-state index contributed by atoms with van der Waals surface area (Å²) in [6.07, 6.45) is -0.678. The van der Waals surface area contributed by atoms with Gasteiger partial charge < -0.3 is 10.4 Å². The summed E-state index contributed by atoms with van der Waals surface area (Å²) in [5, 5.41) is 21.0. The molecule has 0 aliphatic rings. The third-order valence-corrected chi connectivity index (χ3v) is 1.65. The molecule has 0 aliphatic heterocycles. The zero-order valence-corrected chi connectivity index (χ0v) is 8.04. The maximum Gasteiger partial charge on any atom is 0.312 e. The molecule has 2 N–H and O–H groups in total. The van der Waals surface area contributed by atoms with Crippen molar-refractivity contribution in [3.8, 4) is 0 Å². The van der Waals surface area contributed by atoms with E-state index in [0.29, 0.717) is 0 Å². The number of hydrogen-bond acceptors (Lipinski definition) is 4. The number of nitro groups is 1. The van der Waals surface area contributed by atoms with E-state index in [2.05, 4.69) is 5.32 Å². The average molecular weight is 224 g/mol. The molecular formula is C9H8N2O5. The Labute approximate surface area is 89.8 Å². The summed E-state index contributed by atoms with van der Waals surface area (Å²) in [5.74, 6) is -1.99. The first kappa shape index (κ1) is 11.6. The van der Waals surface area contributed by atoms with Crippen LogP contribution in [0.5, 0.6) is 0 Å². The monoisotopic (exact) mass is 224 g/mol. The number of amides is 1. The van der Waals surface area contributed by atoms with Gasteiger partial charge in [0.25, 0.3) is 5.69 Å². The molecule has 7 nitrogen and oxygen atoms in total. The topological polar surface area (TPSA) is 110 Å². The number of anilines is 1. The van der Waals surface area contributed by atoms with Crippen molar-refractivity contribution >= 4 is 23.3 Å². The third-order valence-electron chi connectivity index (χ3n) is 1.65. The number of nitrogens with one attached hydrogen (secondary N) is 1. The predicted molar refractivity (Wildman–Crippen MR) is 54.0 cm³/mol. The summed E-state index contributed by atoms with van der Waals surface area (Å²) in [5.41, 5.74) is 0.0218. The van der Waals surface area contributed by atoms with Crippen LogP contribution in [0.15, 0.2) is 24.3 Å². The number of rotatable bonds is 4. The van der Waals surface area contributed by atoms with Crippen LogP contribution >= 0.6 is 0 Å². The van der Waals surface area contributed by atoms with Crippen LogP contribution in [-0.4, -0.2) is 21.9 Å². The summed E-state index contributed by atoms with van der Waals surface area (Å²) >= 11 is 0. The van der Waals surface area contributed by atoms with Crippen molar-refractivity contribution < 1.29 is 19.6 Å². The molecule has 7 heteroatoms. The number of nitro benzene ring substituents is 1. The molecule has 1 rings (SSSR count). The number of carboxylic acids is 1. The minimum absolute atomic E-state index is 0.173. The zero-order chi connectivity index (χ0) is 12.1. The normalized spacial score (nSPS) is 9.50. The highest BCUT2D eigenvalue weighted by molar-refractivity contribution is 6.01. The highest BCUT2D eigenvalue weighted by Gasteiger charge is 2.10. The second-order valence-corrected chi connectivity index (χ2v) is 2.93. The molecule has 1 aromatic carbocycles. The Hall–Kier alpha value is -2.44. The van der Waals surface area contributed by atoms with E-state index in [4.69, 9.17) is 5.11 Å². The van der Waals surface area contributed by atoms with Crippen molar-refractivity contribution in [2.75, 3.05) is 5.32 Å². The number of carbonyl (C=O) groups is 2. The van der Waals surface area contributed by atoms with Gasteiger partial charge in [0.2, 0.25) is 5.91 Å². The molecule has 0 unspecified atom stereocenters. The van der Waals surface area contributed by atoms with Gasteiger partial charge in [0, 0.05) is 17.8 Å². The Morgan fingerprint density at radius 2 is 2.12 bits per heavy atom. The fourth-order valence-electron chi connectivity index (χ4n) is 1.04. The van der Waals surface area contributed by atoms with Gasteiger partial charge in [0.15, 0.2) is 0 Å². The molecule has 0 fully saturated rings. The molecule has 0 aromatic heterocycles. The fourth-order valence-corrected chi connectivity index (χ4v) is 1.04. The minimum Gasteiger partial charge on any atom is -0.481 e. The summed E-state index contributed by atoms with van der Waals surface area (Å²) in [6.45, 7) is 0. The van der Waals surface area contributed by atoms with Crippen molar-refractivity contribution in [1.29, 1.82) is 0 Å². The van der Waals surface area contributed by atoms with Crippen LogP contribution in [0.2, 0.25) is 0 Å². The fraction of sp³-hybridized carbons (Fsp3) is 0.111. The number of carboxylic acid groups (broad SMARTS) is 1. The molecule has 0 radical (unpaired) electrons. The van der Waals surface area contributed by atoms with E-state index < -0.39 is 23.2 Å². The Balaban J connectivity index is 2.74. The maximum absolute atomic E-state index is 11.0. The van der Waals surface area contributed by atoms with Crippen molar-refractivity contribution in [1.82, 2.24) is 0 Å². The first-order valence-electron chi connectivity index (χ1n) is 4.25. The van der Waals surface area contributed by atoms with Gasteiger partial charge in [-0.15, -0.1) is 0 Å². The molecule has 1 amide bonds. The van der Waals surface area contributed by atoms with Crippen molar-refractivity contribution in [2.24, 2.45) is 0 Å². The average Bonchev–Trinajstić information content (AvgIpc) is 2.16. The SMILES string of the molecule is O=C(O)CC(=O)Nc1cccc([N+](=O)[O-])c1. The van der Waals surface area contributed by atoms with Crippen molar-refractivity contribution in [3.63, 3.8) is 0 Å². The van der Waals surface area contributed by atoms with Crippen LogP contribution in [0, 0.1) is 10.1 Å². The molecule has 0 saturated heterocycles. The third kappa shape index (κ3) is 3.37. The van der Waals surface area contributed by atoms with Crippen molar-refractivity contribution in [2.45, 2.75) is 6.42 Å². The molecule has 0 heterocycles. The van der Waals surface area contributed by atoms with Crippen LogP contribution < -0.4 is 5.32 Å². The molecule has 0 bridgehead atoms. The van der Waals surface area contributed by atoms with E-state index in [1.807, 2.05) is 0 Å². The lowest BCUT2D eigenvalue weighted by Crippen LogP contribution is -2.15. The number of benzene rings is 1. The molecule has 84 valence electrons. The molecule has 0 atom stereocenters. The number of hydrogen-bond donors (Lipinski definition) is 2. The number of non-ortho nitro benzene ring substituents is 1. The zero-order valence-electron chi connectivity index (χ0n) is 8.04. The Kier molecular flexibility index (Phi) is 3.54. The quantitative estimate of drug-likeness (QED) is 0.450. The van der Waals surface area contributed by atoms with Gasteiger partial charge in [-0.05, 0) is 6.07 Å². The first-order valence-corrected chi connectivity index (χ1v) is 4.25. The predicted octanol–water partition coefficient (Wildman–Crippen LogP) is 1.01. The number of carbonyl (C=O) groups excluding carboxylic acids is 1. The second-order valence-electron chi connectivity index (χ2n) is 2.93. The van der Waals surface area contributed by atoms with Crippen LogP contribution in [-0.2, 0) is 9.59 Å². The Morgan fingerprint density at radius 3 is 2.69 bits per heavy atom. The van der Waals surface area contributed by atoms with Crippen LogP contribution in [0.25, 0.3) is 0 Å². The highest BCUT2D eigenvalue weighted by atomic mass is 16.6. The molecule has 0 aliphatic carbocycles. The molecule has 1 aromatic rings. The van der Waals surface area contributed by atoms with E-state index in [-0.39, 0.29) is 11.4 Å². The van der Waals surface area contributed by atoms with E-state index in [0.717, 1.165) is 6.07 Å². The van der Waals surface area contributed by atoms with Gasteiger partial charge in [-0.1, -0.05) is 6.07 Å². The highest BCUT2D eigenvalue weighted by Crippen LogP contribution is 2.16. The van der Waals surface area contributed by atoms with Gasteiger partial charge in [-0.2, -0.15) is 0 Å². The van der Waals surface area contributed by atoms with Gasteiger partial charge in [0.1, 0.15) is 6.42 Å². The minimum atomic E-state index is -1.26. The largest absolute Gasteiger partial charge is 0.481 e. The molecular weight excluding hydrogens is 216 g/mol. The lowest BCUT2D eigenvalue weighted by atomic mass is 10.2. The summed E-state index contributed by atoms with van der Waals surface area (Å²) in [7, 11) is 0. The van der Waals surface area contributed by atoms with Crippen LogP contribution in [0.1, 0.15) is 6.42 Å². The Morgan fingerprint density at radius 1 is 1.44 bits per heavy atom. The second kappa shape index (κ2) is 4.87. The molecule has 0 spiro atoms. The molecule has 0 saturated carbocycles. The molecule has 16 heavy (non-hydrogen) atoms. The Bertz CT molecular complexity index is 443. The van der Waals surface area contributed by atoms with E-state index in [1.54, 1.807) is 0 Å². The van der Waals surface area contributed by atoms with Crippen LogP contribution in [0.4, 0.5) is 11.4 Å². The van der Waals surface area contributed by atoms with Crippen molar-refractivity contribution in [3.05, 3.63) is 34.4 Å². The van der Waals surface area contributed by atoms with Gasteiger partial charge in [-0.25, -0.2) is 0 Å². The van der Waals surface area contributed by atoms with Gasteiger partial charge >= 0.3 is 5.97 Å². The van der Waals surface area contributed by atoms with E-state index >= 15 is 0 Å². The number of aliphatic carboxylic acids is 1. The standard InChI is InChI=1S/C9H8N2O5/c12-8(5-9(13)14)10-6-2-1-3-7(4-6)11(15)16/h1-4H,5H2,(H,10,12)(H,13,14). The maximum atomic E-state index is 11.0. The van der Waals surface area contributed by atoms with Crippen LogP contribution in [0.3, 0.4) is 0 Å². The summed E-state index contributed by atoms with van der Waals surface area (Å²) in [6, 6.07) is 5.26. The lowest BCUT2D eigenvalue weighted by Gasteiger charge is -2.02. The van der Waals surface area contributed by atoms with Gasteiger partial charge in [-0.3, -0.25) is 19.7 Å². The number of nitrogens with zero attached hydrogens (tertiary/aromatic N) is 1. The van der Waals surface area contributed by atoms with E-state index in [1.165, 1.54) is 18.2 Å². The van der Waals surface area contributed by atoms with Gasteiger partial charge in [0.05, 0.1) is 4.92 Å². The smallest absolute Gasteiger partial charge is 0.312 e. The summed E-state index contributed by atoms with van der Waals surface area (Å²) in [4.78, 5) is 31.1.